The first-order chi connectivity index (χ1) is 16.4. The van der Waals surface area contributed by atoms with Crippen LogP contribution in [-0.2, 0) is 29.8 Å². The van der Waals surface area contributed by atoms with Crippen LogP contribution in [0.1, 0.15) is 37.0 Å². The van der Waals surface area contributed by atoms with E-state index in [-0.39, 0.29) is 6.04 Å². The molecule has 0 fully saturated rings. The molecule has 1 aromatic heterocycles. The second-order valence-corrected chi connectivity index (χ2v) is 8.70. The second-order valence-electron chi connectivity index (χ2n) is 8.08. The van der Waals surface area contributed by atoms with Gasteiger partial charge in [-0.15, -0.1) is 5.10 Å². The minimum atomic E-state index is -4.38. The lowest BCUT2D eigenvalue weighted by molar-refractivity contribution is -0.137. The van der Waals surface area contributed by atoms with Gasteiger partial charge in [-0.05, 0) is 67.6 Å². The van der Waals surface area contributed by atoms with Crippen molar-refractivity contribution in [1.82, 2.24) is 20.0 Å². The molecule has 0 aliphatic heterocycles. The van der Waals surface area contributed by atoms with E-state index >= 15 is 0 Å². The van der Waals surface area contributed by atoms with Crippen molar-refractivity contribution in [2.45, 2.75) is 51.9 Å². The van der Waals surface area contributed by atoms with Gasteiger partial charge in [-0.25, -0.2) is 9.01 Å². The smallest absolute Gasteiger partial charge is 0.416 e. The van der Waals surface area contributed by atoms with Gasteiger partial charge >= 0.3 is 6.18 Å². The first-order valence-corrected chi connectivity index (χ1v) is 12.0. The first kappa shape index (κ1) is 24.6. The number of nitrogens with zero attached hydrogens (tertiary/aromatic N) is 2. The van der Waals surface area contributed by atoms with Crippen LogP contribution >= 0.6 is 12.2 Å². The molecule has 3 aromatic rings. The number of rotatable bonds is 10. The summed E-state index contributed by atoms with van der Waals surface area (Å²) in [6.45, 7) is 5.59. The van der Waals surface area contributed by atoms with Crippen LogP contribution in [-0.4, -0.2) is 22.4 Å². The predicted molar refractivity (Wildman–Crippen MR) is 126 cm³/mol. The number of fused-ring (bicyclic) bond motifs is 1. The molecule has 6 nitrogen and oxygen atoms in total. The number of aryl methyl sites for hydroxylation is 1. The van der Waals surface area contributed by atoms with Crippen molar-refractivity contribution in [3.05, 3.63) is 65.2 Å². The average Bonchev–Trinajstić information content (AvgIpc) is 3.41. The van der Waals surface area contributed by atoms with Gasteiger partial charge in [-0.1, -0.05) is 19.1 Å². The van der Waals surface area contributed by atoms with Crippen molar-refractivity contribution < 1.29 is 22.2 Å². The van der Waals surface area contributed by atoms with Gasteiger partial charge in [-0.2, -0.15) is 18.7 Å². The molecule has 2 N–H and O–H groups in total. The maximum atomic E-state index is 12.8. The molecule has 0 bridgehead atoms. The summed E-state index contributed by atoms with van der Waals surface area (Å²) in [6.07, 6.45) is -1.60. The molecule has 0 spiro atoms. The van der Waals surface area contributed by atoms with E-state index in [0.29, 0.717) is 18.2 Å². The molecule has 34 heavy (non-hydrogen) atoms. The molecule has 4 rings (SSSR count). The molecule has 1 unspecified atom stereocenters. The summed E-state index contributed by atoms with van der Waals surface area (Å²) >= 11 is 1.21. The predicted octanol–water partition coefficient (Wildman–Crippen LogP) is 5.93. The highest BCUT2D eigenvalue weighted by Gasteiger charge is 2.30. The van der Waals surface area contributed by atoms with E-state index in [1.807, 2.05) is 17.7 Å². The van der Waals surface area contributed by atoms with Crippen LogP contribution < -0.4 is 14.9 Å². The lowest BCUT2D eigenvalue weighted by Gasteiger charge is -2.10. The van der Waals surface area contributed by atoms with Crippen molar-refractivity contribution in [3.63, 3.8) is 0 Å². The standard InChI is InChI=1S/C24H27F3N4O2S/c1-3-11-28-34-33-30-20-13-16-5-6-17(12-18(16)14-20)22-15-23(29-31(22)4-2)32-21-9-7-19(8-10-21)24(25,26)27/h5-10,12,15,20,28,30H,3-4,11,13-14H2,1-2H3. The third-order valence-corrected chi connectivity index (χ3v) is 6.06. The van der Waals surface area contributed by atoms with Gasteiger partial charge in [0.2, 0.25) is 5.88 Å². The summed E-state index contributed by atoms with van der Waals surface area (Å²) in [6, 6.07) is 13.0. The van der Waals surface area contributed by atoms with E-state index in [1.165, 1.54) is 35.5 Å². The minimum absolute atomic E-state index is 0.204. The van der Waals surface area contributed by atoms with E-state index in [0.717, 1.165) is 49.2 Å². The van der Waals surface area contributed by atoms with Crippen molar-refractivity contribution in [3.8, 4) is 22.9 Å². The highest BCUT2D eigenvalue weighted by atomic mass is 32.2. The molecule has 0 amide bonds. The Bertz CT molecular complexity index is 1100. The number of hydroxylamine groups is 1. The SMILES string of the molecule is CCCNSONC1Cc2ccc(-c3cc(Oc4ccc(C(F)(F)F)cc4)nn3CC)cc2C1. The fourth-order valence-corrected chi connectivity index (χ4v) is 4.41. The number of alkyl halides is 3. The molecule has 182 valence electrons. The number of benzene rings is 2. The molecular formula is C24H27F3N4O2S. The van der Waals surface area contributed by atoms with Crippen LogP contribution in [0.5, 0.6) is 11.6 Å². The summed E-state index contributed by atoms with van der Waals surface area (Å²) in [7, 11) is 0. The van der Waals surface area contributed by atoms with Crippen molar-refractivity contribution in [2.24, 2.45) is 0 Å². The fraction of sp³-hybridized carbons (Fsp3) is 0.375. The van der Waals surface area contributed by atoms with E-state index in [9.17, 15) is 13.2 Å². The zero-order chi connectivity index (χ0) is 24.1. The normalized spacial score (nSPS) is 15.5. The molecule has 1 aliphatic carbocycles. The van der Waals surface area contributed by atoms with E-state index in [1.54, 1.807) is 0 Å². The lowest BCUT2D eigenvalue weighted by atomic mass is 10.0. The molecule has 2 aromatic carbocycles. The number of halogens is 3. The van der Waals surface area contributed by atoms with E-state index in [4.69, 9.17) is 9.02 Å². The van der Waals surface area contributed by atoms with Gasteiger partial charge < -0.3 is 4.74 Å². The van der Waals surface area contributed by atoms with Gasteiger partial charge in [0.05, 0.1) is 11.3 Å². The van der Waals surface area contributed by atoms with Crippen LogP contribution in [0, 0.1) is 0 Å². The molecule has 1 heterocycles. The zero-order valence-electron chi connectivity index (χ0n) is 19.0. The monoisotopic (exact) mass is 492 g/mol. The highest BCUT2D eigenvalue weighted by molar-refractivity contribution is 7.92. The van der Waals surface area contributed by atoms with Gasteiger partial charge in [-0.3, -0.25) is 4.68 Å². The number of hydrogen-bond acceptors (Lipinski definition) is 6. The summed E-state index contributed by atoms with van der Waals surface area (Å²) in [4.78, 5) is 0. The van der Waals surface area contributed by atoms with Crippen LogP contribution in [0.4, 0.5) is 13.2 Å². The highest BCUT2D eigenvalue weighted by Crippen LogP contribution is 2.33. The Balaban J connectivity index is 1.44. The Kier molecular flexibility index (Phi) is 7.82. The van der Waals surface area contributed by atoms with Crippen LogP contribution in [0.3, 0.4) is 0 Å². The minimum Gasteiger partial charge on any atom is -0.438 e. The Morgan fingerprint density at radius 2 is 1.82 bits per heavy atom. The Morgan fingerprint density at radius 1 is 1.06 bits per heavy atom. The third kappa shape index (κ3) is 5.93. The van der Waals surface area contributed by atoms with E-state index < -0.39 is 11.7 Å². The van der Waals surface area contributed by atoms with Gasteiger partial charge in [0.25, 0.3) is 0 Å². The number of aromatic nitrogens is 2. The summed E-state index contributed by atoms with van der Waals surface area (Å²) in [5, 5.41) is 4.48. The molecule has 0 saturated carbocycles. The molecule has 0 radical (unpaired) electrons. The average molecular weight is 493 g/mol. The summed E-state index contributed by atoms with van der Waals surface area (Å²) in [5.41, 5.74) is 6.82. The molecule has 10 heteroatoms. The molecule has 1 aliphatic rings. The molecule has 1 atom stereocenters. The Labute approximate surface area is 201 Å². The van der Waals surface area contributed by atoms with Crippen LogP contribution in [0.15, 0.2) is 48.5 Å². The Morgan fingerprint density at radius 3 is 2.53 bits per heavy atom. The maximum absolute atomic E-state index is 12.8. The van der Waals surface area contributed by atoms with Crippen molar-refractivity contribution in [1.29, 1.82) is 0 Å². The molecule has 0 saturated heterocycles. The van der Waals surface area contributed by atoms with E-state index in [2.05, 4.69) is 40.4 Å². The molecular weight excluding hydrogens is 465 g/mol. The zero-order valence-corrected chi connectivity index (χ0v) is 19.8. The largest absolute Gasteiger partial charge is 0.438 e. The lowest BCUT2D eigenvalue weighted by Crippen LogP contribution is -2.28. The number of nitrogens with one attached hydrogen (secondary N) is 2. The number of ether oxygens (including phenoxy) is 1. The van der Waals surface area contributed by atoms with Crippen LogP contribution in [0.25, 0.3) is 11.3 Å². The summed E-state index contributed by atoms with van der Waals surface area (Å²) in [5.74, 6) is 0.635. The van der Waals surface area contributed by atoms with Gasteiger partial charge in [0.15, 0.2) is 0 Å². The van der Waals surface area contributed by atoms with Crippen molar-refractivity contribution in [2.75, 3.05) is 6.54 Å². The fourth-order valence-electron chi connectivity index (χ4n) is 3.88. The van der Waals surface area contributed by atoms with Crippen LogP contribution in [0.2, 0.25) is 0 Å². The second kappa shape index (κ2) is 10.8. The topological polar surface area (TPSA) is 60.3 Å². The third-order valence-electron chi connectivity index (χ3n) is 5.56. The maximum Gasteiger partial charge on any atom is 0.416 e. The van der Waals surface area contributed by atoms with Gasteiger partial charge in [0, 0.05) is 30.8 Å². The summed E-state index contributed by atoms with van der Waals surface area (Å²) < 4.78 is 54.5. The van der Waals surface area contributed by atoms with Crippen molar-refractivity contribution >= 4 is 12.2 Å². The quantitative estimate of drug-likeness (QED) is 0.158. The van der Waals surface area contributed by atoms with Gasteiger partial charge in [0.1, 0.15) is 18.0 Å². The number of hydrogen-bond donors (Lipinski definition) is 2. The Hall–Kier alpha value is -2.53. The first-order valence-electron chi connectivity index (χ1n) is 11.2.